The zero-order chi connectivity index (χ0) is 12.9. The molecule has 1 heterocycles. The molecule has 1 aliphatic heterocycles. The Labute approximate surface area is 104 Å². The molecule has 1 saturated heterocycles. The molecular formula is C13H14O5. The molecule has 3 atom stereocenters. The summed E-state index contributed by atoms with van der Waals surface area (Å²) in [4.78, 5) is 12.3. The normalized spacial score (nSPS) is 29.9. The van der Waals surface area contributed by atoms with Crippen molar-refractivity contribution in [3.05, 3.63) is 23.3 Å². The Morgan fingerprint density at radius 3 is 2.89 bits per heavy atom. The highest BCUT2D eigenvalue weighted by Gasteiger charge is 2.46. The fourth-order valence-electron chi connectivity index (χ4n) is 2.81. The summed E-state index contributed by atoms with van der Waals surface area (Å²) >= 11 is 0. The van der Waals surface area contributed by atoms with E-state index in [9.17, 15) is 15.0 Å². The summed E-state index contributed by atoms with van der Waals surface area (Å²) in [5, 5.41) is 20.2. The Balaban J connectivity index is 2.17. The second-order valence-electron chi connectivity index (χ2n) is 4.73. The summed E-state index contributed by atoms with van der Waals surface area (Å²) in [6.45, 7) is 0.681. The average Bonchev–Trinajstić information content (AvgIpc) is 2.84. The Bertz CT molecular complexity index is 510. The van der Waals surface area contributed by atoms with Crippen molar-refractivity contribution in [1.82, 2.24) is 0 Å². The van der Waals surface area contributed by atoms with E-state index in [1.54, 1.807) is 6.07 Å². The second-order valence-corrected chi connectivity index (χ2v) is 4.73. The first-order valence-electron chi connectivity index (χ1n) is 5.84. The molecule has 0 saturated carbocycles. The molecule has 0 spiro atoms. The van der Waals surface area contributed by atoms with E-state index in [-0.39, 0.29) is 28.9 Å². The third-order valence-electron chi connectivity index (χ3n) is 3.79. The number of aromatic hydroxyl groups is 1. The van der Waals surface area contributed by atoms with Crippen LogP contribution < -0.4 is 4.74 Å². The molecule has 96 valence electrons. The minimum absolute atomic E-state index is 0.140. The molecule has 0 bridgehead atoms. The molecule has 3 rings (SSSR count). The van der Waals surface area contributed by atoms with Crippen molar-refractivity contribution in [2.75, 3.05) is 20.3 Å². The minimum Gasteiger partial charge on any atom is -0.507 e. The number of phenolic OH excluding ortho intramolecular Hbond substituents is 1. The van der Waals surface area contributed by atoms with Crippen LogP contribution in [-0.4, -0.2) is 36.3 Å². The van der Waals surface area contributed by atoms with Crippen molar-refractivity contribution in [3.8, 4) is 11.5 Å². The first kappa shape index (κ1) is 11.5. The Hall–Kier alpha value is -1.59. The van der Waals surface area contributed by atoms with Crippen molar-refractivity contribution in [2.45, 2.75) is 6.10 Å². The molecule has 1 aromatic rings. The van der Waals surface area contributed by atoms with E-state index in [1.165, 1.54) is 13.2 Å². The van der Waals surface area contributed by atoms with Crippen LogP contribution in [0.3, 0.4) is 0 Å². The predicted octanol–water partition coefficient (Wildman–Crippen LogP) is 0.893. The average molecular weight is 250 g/mol. The SMILES string of the molecule is COc1cc(O)c2c(c1)C(O)C1COCC1C2=O. The van der Waals surface area contributed by atoms with E-state index in [1.807, 2.05) is 0 Å². The van der Waals surface area contributed by atoms with Gasteiger partial charge in [0.1, 0.15) is 11.5 Å². The zero-order valence-electron chi connectivity index (χ0n) is 9.92. The molecule has 2 N–H and O–H groups in total. The molecule has 2 aliphatic rings. The van der Waals surface area contributed by atoms with Gasteiger partial charge in [-0.05, 0) is 11.6 Å². The number of ketones is 1. The standard InChI is InChI=1S/C13H14O5/c1-17-6-2-7-11(10(14)3-6)13(16)9-5-18-4-8(9)12(7)15/h2-3,8-9,12,14-15H,4-5H2,1H3. The van der Waals surface area contributed by atoms with Gasteiger partial charge in [0.2, 0.25) is 0 Å². The van der Waals surface area contributed by atoms with Crippen molar-refractivity contribution < 1.29 is 24.5 Å². The number of methoxy groups -OCH3 is 1. The summed E-state index contributed by atoms with van der Waals surface area (Å²) in [6, 6.07) is 2.99. The lowest BCUT2D eigenvalue weighted by Gasteiger charge is -2.30. The number of rotatable bonds is 1. The van der Waals surface area contributed by atoms with Crippen LogP contribution in [-0.2, 0) is 4.74 Å². The van der Waals surface area contributed by atoms with Crippen molar-refractivity contribution in [2.24, 2.45) is 11.8 Å². The molecule has 0 aromatic heterocycles. The van der Waals surface area contributed by atoms with Gasteiger partial charge in [0, 0.05) is 12.0 Å². The highest BCUT2D eigenvalue weighted by Crippen LogP contribution is 2.45. The van der Waals surface area contributed by atoms with E-state index in [4.69, 9.17) is 9.47 Å². The quantitative estimate of drug-likeness (QED) is 0.774. The topological polar surface area (TPSA) is 76.0 Å². The molecule has 0 radical (unpaired) electrons. The maximum Gasteiger partial charge on any atom is 0.172 e. The van der Waals surface area contributed by atoms with Crippen LogP contribution in [0, 0.1) is 11.8 Å². The number of phenols is 1. The minimum atomic E-state index is -0.800. The third-order valence-corrected chi connectivity index (χ3v) is 3.79. The summed E-state index contributed by atoms with van der Waals surface area (Å²) in [5.41, 5.74) is 0.638. The van der Waals surface area contributed by atoms with Crippen LogP contribution in [0.1, 0.15) is 22.0 Å². The summed E-state index contributed by atoms with van der Waals surface area (Å²) in [6.07, 6.45) is -0.800. The van der Waals surface area contributed by atoms with Gasteiger partial charge in [-0.2, -0.15) is 0 Å². The van der Waals surface area contributed by atoms with Crippen LogP contribution in [0.15, 0.2) is 12.1 Å². The molecule has 1 aliphatic carbocycles. The maximum absolute atomic E-state index is 12.3. The van der Waals surface area contributed by atoms with Gasteiger partial charge < -0.3 is 19.7 Å². The van der Waals surface area contributed by atoms with Gasteiger partial charge in [-0.3, -0.25) is 4.79 Å². The van der Waals surface area contributed by atoms with E-state index in [2.05, 4.69) is 0 Å². The summed E-state index contributed by atoms with van der Waals surface area (Å²) < 4.78 is 10.3. The van der Waals surface area contributed by atoms with Crippen LogP contribution >= 0.6 is 0 Å². The Kier molecular flexibility index (Phi) is 2.53. The highest BCUT2D eigenvalue weighted by atomic mass is 16.5. The Morgan fingerprint density at radius 2 is 2.17 bits per heavy atom. The number of benzene rings is 1. The van der Waals surface area contributed by atoms with E-state index in [0.29, 0.717) is 24.5 Å². The fourth-order valence-corrected chi connectivity index (χ4v) is 2.81. The first-order chi connectivity index (χ1) is 8.63. The number of aliphatic hydroxyl groups is 1. The van der Waals surface area contributed by atoms with E-state index in [0.717, 1.165) is 0 Å². The predicted molar refractivity (Wildman–Crippen MR) is 61.7 cm³/mol. The lowest BCUT2D eigenvalue weighted by atomic mass is 9.74. The first-order valence-corrected chi connectivity index (χ1v) is 5.84. The largest absolute Gasteiger partial charge is 0.507 e. The zero-order valence-corrected chi connectivity index (χ0v) is 9.92. The van der Waals surface area contributed by atoms with Gasteiger partial charge in [0.05, 0.1) is 37.9 Å². The number of carbonyl (C=O) groups is 1. The van der Waals surface area contributed by atoms with Crippen molar-refractivity contribution >= 4 is 5.78 Å². The van der Waals surface area contributed by atoms with Crippen molar-refractivity contribution in [1.29, 1.82) is 0 Å². The van der Waals surface area contributed by atoms with Gasteiger partial charge >= 0.3 is 0 Å². The number of ether oxygens (including phenoxy) is 2. The monoisotopic (exact) mass is 250 g/mol. The molecule has 5 nitrogen and oxygen atoms in total. The number of hydrogen-bond acceptors (Lipinski definition) is 5. The van der Waals surface area contributed by atoms with Gasteiger partial charge in [0.25, 0.3) is 0 Å². The molecular weight excluding hydrogens is 236 g/mol. The molecule has 1 aromatic carbocycles. The van der Waals surface area contributed by atoms with Crippen LogP contribution in [0.5, 0.6) is 11.5 Å². The van der Waals surface area contributed by atoms with Crippen LogP contribution in [0.25, 0.3) is 0 Å². The lowest BCUT2D eigenvalue weighted by molar-refractivity contribution is 0.0584. The molecule has 0 amide bonds. The third kappa shape index (κ3) is 1.44. The van der Waals surface area contributed by atoms with Crippen molar-refractivity contribution in [3.63, 3.8) is 0 Å². The van der Waals surface area contributed by atoms with E-state index >= 15 is 0 Å². The smallest absolute Gasteiger partial charge is 0.172 e. The highest BCUT2D eigenvalue weighted by molar-refractivity contribution is 6.03. The number of aliphatic hydroxyl groups excluding tert-OH is 1. The molecule has 5 heteroatoms. The lowest BCUT2D eigenvalue weighted by Crippen LogP contribution is -2.34. The number of Topliss-reactive ketones (excluding diaryl/α,β-unsaturated/α-hetero) is 1. The van der Waals surface area contributed by atoms with Gasteiger partial charge in [-0.15, -0.1) is 0 Å². The molecule has 3 unspecified atom stereocenters. The Morgan fingerprint density at radius 1 is 1.39 bits per heavy atom. The molecule has 1 fully saturated rings. The summed E-state index contributed by atoms with van der Waals surface area (Å²) in [5.74, 6) is -0.449. The molecule has 18 heavy (non-hydrogen) atoms. The van der Waals surface area contributed by atoms with Crippen LogP contribution in [0.4, 0.5) is 0 Å². The fraction of sp³-hybridized carbons (Fsp3) is 0.462. The van der Waals surface area contributed by atoms with Gasteiger partial charge in [0.15, 0.2) is 5.78 Å². The van der Waals surface area contributed by atoms with Crippen LogP contribution in [0.2, 0.25) is 0 Å². The van der Waals surface area contributed by atoms with Gasteiger partial charge in [-0.25, -0.2) is 0 Å². The van der Waals surface area contributed by atoms with E-state index < -0.39 is 6.10 Å². The number of fused-ring (bicyclic) bond motifs is 2. The van der Waals surface area contributed by atoms with Gasteiger partial charge in [-0.1, -0.05) is 0 Å². The second kappa shape index (κ2) is 3.96. The summed E-state index contributed by atoms with van der Waals surface area (Å²) in [7, 11) is 1.47. The number of carbonyl (C=O) groups excluding carboxylic acids is 1. The maximum atomic E-state index is 12.3. The number of hydrogen-bond donors (Lipinski definition) is 2.